The lowest BCUT2D eigenvalue weighted by Crippen LogP contribution is -2.69. The molecule has 1 N–H and O–H groups in total. The van der Waals surface area contributed by atoms with Crippen LogP contribution in [0.1, 0.15) is 52.7 Å². The van der Waals surface area contributed by atoms with Crippen molar-refractivity contribution in [2.45, 2.75) is 65.2 Å². The number of rotatable bonds is 2. The lowest BCUT2D eigenvalue weighted by Gasteiger charge is -2.50. The van der Waals surface area contributed by atoms with Crippen molar-refractivity contribution in [3.05, 3.63) is 47.5 Å². The number of likely N-dealkylation sites (tertiary alicyclic amines) is 1. The molecule has 2 amide bonds. The average Bonchev–Trinajstić information content (AvgIpc) is 2.55. The fraction of sp³-hybridized carbons (Fsp3) is 0.500. The fourth-order valence-electron chi connectivity index (χ4n) is 3.74. The number of aryl methyl sites for hydroxylation is 1. The third-order valence-corrected chi connectivity index (χ3v) is 4.97. The molecule has 162 valence electrons. The Morgan fingerprint density at radius 3 is 2.03 bits per heavy atom. The van der Waals surface area contributed by atoms with Gasteiger partial charge in [-0.15, -0.1) is 0 Å². The van der Waals surface area contributed by atoms with Gasteiger partial charge >= 0.3 is 12.2 Å². The molecule has 3 rings (SSSR count). The molecular weight excluding hydrogens is 380 g/mol. The molecule has 1 heterocycles. The van der Waals surface area contributed by atoms with Gasteiger partial charge in [-0.2, -0.15) is 0 Å². The summed E-state index contributed by atoms with van der Waals surface area (Å²) in [7, 11) is 0. The van der Waals surface area contributed by atoms with Gasteiger partial charge in [-0.1, -0.05) is 36.4 Å². The Bertz CT molecular complexity index is 963. The molecule has 0 bridgehead atoms. The second kappa shape index (κ2) is 7.49. The lowest BCUT2D eigenvalue weighted by atomic mass is 9.79. The molecule has 1 aliphatic rings. The number of alkyl carbamates (subject to hydrolysis) is 1. The Hall–Kier alpha value is -2.76. The van der Waals surface area contributed by atoms with Gasteiger partial charge in [0.25, 0.3) is 0 Å². The molecule has 2 aromatic rings. The van der Waals surface area contributed by atoms with Crippen LogP contribution in [0.4, 0.5) is 9.59 Å². The minimum Gasteiger partial charge on any atom is -0.444 e. The van der Waals surface area contributed by atoms with Gasteiger partial charge in [0, 0.05) is 0 Å². The van der Waals surface area contributed by atoms with E-state index in [2.05, 4.69) is 18.3 Å². The van der Waals surface area contributed by atoms with Crippen molar-refractivity contribution < 1.29 is 19.1 Å². The summed E-state index contributed by atoms with van der Waals surface area (Å²) in [5, 5.41) is 5.23. The zero-order valence-corrected chi connectivity index (χ0v) is 19.0. The Morgan fingerprint density at radius 1 is 0.900 bits per heavy atom. The van der Waals surface area contributed by atoms with Crippen LogP contribution >= 0.6 is 0 Å². The molecule has 30 heavy (non-hydrogen) atoms. The van der Waals surface area contributed by atoms with Crippen LogP contribution in [0.5, 0.6) is 0 Å². The molecule has 0 saturated carbocycles. The highest BCUT2D eigenvalue weighted by molar-refractivity contribution is 5.90. The van der Waals surface area contributed by atoms with Crippen molar-refractivity contribution in [3.8, 4) is 0 Å². The van der Waals surface area contributed by atoms with Crippen molar-refractivity contribution in [2.24, 2.45) is 0 Å². The van der Waals surface area contributed by atoms with Gasteiger partial charge in [0.15, 0.2) is 0 Å². The summed E-state index contributed by atoms with van der Waals surface area (Å²) in [6.45, 7) is 13.7. The number of ether oxygens (including phenoxy) is 2. The Morgan fingerprint density at radius 2 is 1.47 bits per heavy atom. The van der Waals surface area contributed by atoms with Crippen LogP contribution in [0.2, 0.25) is 0 Å². The number of carbonyl (C=O) groups excluding carboxylic acids is 2. The van der Waals surface area contributed by atoms with Crippen molar-refractivity contribution >= 4 is 23.0 Å². The standard InChI is InChI=1S/C24H32N2O4/c1-16-12-13-19(18-11-9-8-10-17(16)18)24(25-20(27)29-22(2,3)4)14-26(15-24)21(28)30-23(5,6)7/h8-13H,14-15H2,1-7H3,(H,25,27). The van der Waals surface area contributed by atoms with Crippen molar-refractivity contribution in [1.82, 2.24) is 10.2 Å². The van der Waals surface area contributed by atoms with Crippen molar-refractivity contribution in [3.63, 3.8) is 0 Å². The first kappa shape index (κ1) is 21.9. The van der Waals surface area contributed by atoms with Crippen molar-refractivity contribution in [1.29, 1.82) is 0 Å². The highest BCUT2D eigenvalue weighted by Gasteiger charge is 2.50. The van der Waals surface area contributed by atoms with E-state index in [1.165, 1.54) is 0 Å². The van der Waals surface area contributed by atoms with Crippen LogP contribution in [-0.2, 0) is 15.0 Å². The summed E-state index contributed by atoms with van der Waals surface area (Å²) in [6.07, 6.45) is -0.892. The summed E-state index contributed by atoms with van der Waals surface area (Å²) in [6, 6.07) is 12.2. The fourth-order valence-corrected chi connectivity index (χ4v) is 3.74. The number of amides is 2. The minimum atomic E-state index is -0.744. The van der Waals surface area contributed by atoms with E-state index in [0.29, 0.717) is 13.1 Å². The second-order valence-electron chi connectivity index (χ2n) is 10.0. The van der Waals surface area contributed by atoms with Gasteiger partial charge in [0.05, 0.1) is 13.1 Å². The Balaban J connectivity index is 1.96. The predicted molar refractivity (Wildman–Crippen MR) is 118 cm³/mol. The van der Waals surface area contributed by atoms with Gasteiger partial charge in [-0.05, 0) is 70.4 Å². The minimum absolute atomic E-state index is 0.314. The van der Waals surface area contributed by atoms with Crippen LogP contribution in [0.15, 0.2) is 36.4 Å². The summed E-state index contributed by atoms with van der Waals surface area (Å²) in [5.74, 6) is 0. The Kier molecular flexibility index (Phi) is 5.48. The normalized spacial score (nSPS) is 16.0. The van der Waals surface area contributed by atoms with Crippen molar-refractivity contribution in [2.75, 3.05) is 13.1 Å². The van der Waals surface area contributed by atoms with E-state index in [0.717, 1.165) is 21.9 Å². The number of hydrogen-bond donors (Lipinski definition) is 1. The largest absolute Gasteiger partial charge is 0.444 e. The molecule has 1 aliphatic heterocycles. The van der Waals surface area contributed by atoms with Crippen LogP contribution < -0.4 is 5.32 Å². The van der Waals surface area contributed by atoms with E-state index in [4.69, 9.17) is 9.47 Å². The number of fused-ring (bicyclic) bond motifs is 1. The summed E-state index contributed by atoms with van der Waals surface area (Å²) < 4.78 is 11.0. The predicted octanol–water partition coefficient (Wildman–Crippen LogP) is 5.12. The number of nitrogens with zero attached hydrogens (tertiary/aromatic N) is 1. The lowest BCUT2D eigenvalue weighted by molar-refractivity contribution is -0.0226. The number of carbonyl (C=O) groups is 2. The monoisotopic (exact) mass is 412 g/mol. The first-order valence-electron chi connectivity index (χ1n) is 10.3. The molecule has 2 aromatic carbocycles. The molecular formula is C24H32N2O4. The Labute approximate surface area is 178 Å². The molecule has 6 heteroatoms. The molecule has 0 radical (unpaired) electrons. The highest BCUT2D eigenvalue weighted by Crippen LogP contribution is 2.38. The van der Waals surface area contributed by atoms with Crippen LogP contribution in [-0.4, -0.2) is 41.4 Å². The smallest absolute Gasteiger partial charge is 0.410 e. The maximum Gasteiger partial charge on any atom is 0.410 e. The molecule has 1 fully saturated rings. The van der Waals surface area contributed by atoms with E-state index >= 15 is 0 Å². The van der Waals surface area contributed by atoms with Crippen LogP contribution in [0.3, 0.4) is 0 Å². The third kappa shape index (κ3) is 4.69. The maximum atomic E-state index is 12.7. The van der Waals surface area contributed by atoms with E-state index in [1.807, 2.05) is 71.9 Å². The van der Waals surface area contributed by atoms with Gasteiger partial charge in [-0.3, -0.25) is 0 Å². The summed E-state index contributed by atoms with van der Waals surface area (Å²) in [5.41, 5.74) is 0.186. The highest BCUT2D eigenvalue weighted by atomic mass is 16.6. The molecule has 0 aromatic heterocycles. The molecule has 0 aliphatic carbocycles. The average molecular weight is 413 g/mol. The van der Waals surface area contributed by atoms with Gasteiger partial charge in [0.1, 0.15) is 16.7 Å². The van der Waals surface area contributed by atoms with Gasteiger partial charge in [-0.25, -0.2) is 9.59 Å². The molecule has 1 saturated heterocycles. The van der Waals surface area contributed by atoms with E-state index < -0.39 is 22.8 Å². The topological polar surface area (TPSA) is 67.9 Å². The summed E-state index contributed by atoms with van der Waals surface area (Å²) >= 11 is 0. The van der Waals surface area contributed by atoms with Crippen LogP contribution in [0.25, 0.3) is 10.8 Å². The zero-order valence-electron chi connectivity index (χ0n) is 19.0. The van der Waals surface area contributed by atoms with Crippen LogP contribution in [0, 0.1) is 6.92 Å². The number of benzene rings is 2. The van der Waals surface area contributed by atoms with E-state index in [9.17, 15) is 9.59 Å². The molecule has 0 unspecified atom stereocenters. The third-order valence-electron chi connectivity index (χ3n) is 4.97. The molecule has 6 nitrogen and oxygen atoms in total. The van der Waals surface area contributed by atoms with E-state index in [1.54, 1.807) is 4.90 Å². The zero-order chi connectivity index (χ0) is 22.3. The number of nitrogens with one attached hydrogen (secondary N) is 1. The van der Waals surface area contributed by atoms with Gasteiger partial charge < -0.3 is 19.7 Å². The summed E-state index contributed by atoms with van der Waals surface area (Å²) in [4.78, 5) is 26.8. The van der Waals surface area contributed by atoms with Gasteiger partial charge in [0.2, 0.25) is 0 Å². The first-order chi connectivity index (χ1) is 13.8. The molecule has 0 spiro atoms. The number of hydrogen-bond acceptors (Lipinski definition) is 4. The first-order valence-corrected chi connectivity index (χ1v) is 10.3. The quantitative estimate of drug-likeness (QED) is 0.743. The SMILES string of the molecule is Cc1ccc(C2(NC(=O)OC(C)(C)C)CN(C(=O)OC(C)(C)C)C2)c2ccccc12. The second-order valence-corrected chi connectivity index (χ2v) is 10.0. The molecule has 0 atom stereocenters. The maximum absolute atomic E-state index is 12.7. The van der Waals surface area contributed by atoms with E-state index in [-0.39, 0.29) is 6.09 Å².